The molecule has 1 aliphatic heterocycles. The van der Waals surface area contributed by atoms with Crippen LogP contribution in [-0.4, -0.2) is 19.0 Å². The van der Waals surface area contributed by atoms with Crippen LogP contribution in [0.2, 0.25) is 0 Å². The number of hydrogen-bond donors (Lipinski definition) is 1. The number of furan rings is 1. The van der Waals surface area contributed by atoms with E-state index >= 15 is 0 Å². The third-order valence-corrected chi connectivity index (χ3v) is 5.24. The van der Waals surface area contributed by atoms with Crippen LogP contribution in [0.5, 0.6) is 0 Å². The Hall–Kier alpha value is -2.23. The Kier molecular flexibility index (Phi) is 4.05. The van der Waals surface area contributed by atoms with Crippen molar-refractivity contribution >= 4 is 11.6 Å². The van der Waals surface area contributed by atoms with Crippen molar-refractivity contribution in [3.63, 3.8) is 0 Å². The molecule has 0 spiro atoms. The molecule has 126 valence electrons. The average Bonchev–Trinajstić information content (AvgIpc) is 3.03. The minimum absolute atomic E-state index is 0.0258. The number of anilines is 1. The highest BCUT2D eigenvalue weighted by molar-refractivity contribution is 5.83. The van der Waals surface area contributed by atoms with Crippen LogP contribution in [0, 0.1) is 5.92 Å². The SMILES string of the molecule is C[C@H](NC(=O)[C@H]1C[C@@H]1c1ccco1)c1cccc(N2CCCC2)c1. The third kappa shape index (κ3) is 3.05. The normalized spacial score (nSPS) is 24.0. The topological polar surface area (TPSA) is 45.5 Å². The lowest BCUT2D eigenvalue weighted by Crippen LogP contribution is -2.28. The van der Waals surface area contributed by atoms with E-state index in [9.17, 15) is 4.79 Å². The van der Waals surface area contributed by atoms with Crippen molar-refractivity contribution in [2.24, 2.45) is 5.92 Å². The molecule has 2 heterocycles. The van der Waals surface area contributed by atoms with Gasteiger partial charge in [-0.25, -0.2) is 0 Å². The van der Waals surface area contributed by atoms with Gasteiger partial charge in [0.25, 0.3) is 0 Å². The first-order valence-electron chi connectivity index (χ1n) is 8.91. The predicted molar refractivity (Wildman–Crippen MR) is 94.0 cm³/mol. The molecule has 1 saturated heterocycles. The molecule has 1 N–H and O–H groups in total. The van der Waals surface area contributed by atoms with E-state index in [2.05, 4.69) is 41.4 Å². The van der Waals surface area contributed by atoms with E-state index in [0.29, 0.717) is 0 Å². The zero-order valence-corrected chi connectivity index (χ0v) is 14.1. The smallest absolute Gasteiger partial charge is 0.224 e. The van der Waals surface area contributed by atoms with Gasteiger partial charge in [-0.05, 0) is 56.0 Å². The number of benzene rings is 1. The molecule has 2 fully saturated rings. The minimum atomic E-state index is 0.0258. The molecule has 0 unspecified atom stereocenters. The maximum absolute atomic E-state index is 12.5. The zero-order chi connectivity index (χ0) is 16.5. The molecule has 2 aliphatic rings. The van der Waals surface area contributed by atoms with Gasteiger partial charge in [0.15, 0.2) is 0 Å². The van der Waals surface area contributed by atoms with Gasteiger partial charge in [-0.15, -0.1) is 0 Å². The first-order valence-corrected chi connectivity index (χ1v) is 8.91. The van der Waals surface area contributed by atoms with Gasteiger partial charge in [-0.3, -0.25) is 4.79 Å². The molecule has 0 bridgehead atoms. The van der Waals surface area contributed by atoms with Crippen molar-refractivity contribution < 1.29 is 9.21 Å². The van der Waals surface area contributed by atoms with E-state index < -0.39 is 0 Å². The lowest BCUT2D eigenvalue weighted by atomic mass is 10.1. The van der Waals surface area contributed by atoms with Crippen LogP contribution in [0.1, 0.15) is 49.5 Å². The Morgan fingerprint density at radius 1 is 1.25 bits per heavy atom. The molecule has 1 saturated carbocycles. The van der Waals surface area contributed by atoms with Gasteiger partial charge in [0.1, 0.15) is 5.76 Å². The van der Waals surface area contributed by atoms with Crippen LogP contribution in [0.3, 0.4) is 0 Å². The Morgan fingerprint density at radius 2 is 2.08 bits per heavy atom. The maximum atomic E-state index is 12.5. The fourth-order valence-electron chi connectivity index (χ4n) is 3.67. The summed E-state index contributed by atoms with van der Waals surface area (Å²) in [6, 6.07) is 12.4. The largest absolute Gasteiger partial charge is 0.469 e. The van der Waals surface area contributed by atoms with Crippen LogP contribution in [0.15, 0.2) is 47.1 Å². The van der Waals surface area contributed by atoms with E-state index in [1.54, 1.807) is 6.26 Å². The molecule has 1 aromatic carbocycles. The third-order valence-electron chi connectivity index (χ3n) is 5.24. The van der Waals surface area contributed by atoms with Gasteiger partial charge in [-0.2, -0.15) is 0 Å². The number of hydrogen-bond acceptors (Lipinski definition) is 3. The summed E-state index contributed by atoms with van der Waals surface area (Å²) in [4.78, 5) is 14.9. The molecule has 4 rings (SSSR count). The lowest BCUT2D eigenvalue weighted by molar-refractivity contribution is -0.123. The van der Waals surface area contributed by atoms with Crippen molar-refractivity contribution in [1.82, 2.24) is 5.32 Å². The number of nitrogens with one attached hydrogen (secondary N) is 1. The number of carbonyl (C=O) groups excluding carboxylic acids is 1. The first kappa shape index (κ1) is 15.3. The quantitative estimate of drug-likeness (QED) is 0.908. The summed E-state index contributed by atoms with van der Waals surface area (Å²) in [6.07, 6.45) is 5.10. The summed E-state index contributed by atoms with van der Waals surface area (Å²) in [6.45, 7) is 4.33. The molecule has 1 aliphatic carbocycles. The maximum Gasteiger partial charge on any atom is 0.224 e. The van der Waals surface area contributed by atoms with E-state index in [1.165, 1.54) is 24.1 Å². The fourth-order valence-corrected chi connectivity index (χ4v) is 3.67. The van der Waals surface area contributed by atoms with Crippen molar-refractivity contribution in [3.8, 4) is 0 Å². The molecular formula is C20H24N2O2. The Balaban J connectivity index is 1.38. The summed E-state index contributed by atoms with van der Waals surface area (Å²) in [7, 11) is 0. The summed E-state index contributed by atoms with van der Waals surface area (Å²) in [5.41, 5.74) is 2.44. The second kappa shape index (κ2) is 6.34. The zero-order valence-electron chi connectivity index (χ0n) is 14.1. The highest BCUT2D eigenvalue weighted by atomic mass is 16.3. The Labute approximate surface area is 142 Å². The van der Waals surface area contributed by atoms with E-state index in [4.69, 9.17) is 4.42 Å². The van der Waals surface area contributed by atoms with Crippen molar-refractivity contribution in [1.29, 1.82) is 0 Å². The van der Waals surface area contributed by atoms with Crippen LogP contribution >= 0.6 is 0 Å². The van der Waals surface area contributed by atoms with Crippen LogP contribution in [0.4, 0.5) is 5.69 Å². The summed E-state index contributed by atoms with van der Waals surface area (Å²) in [5.74, 6) is 1.37. The van der Waals surface area contributed by atoms with Crippen molar-refractivity contribution in [3.05, 3.63) is 54.0 Å². The van der Waals surface area contributed by atoms with Crippen LogP contribution < -0.4 is 10.2 Å². The summed E-state index contributed by atoms with van der Waals surface area (Å²) >= 11 is 0. The van der Waals surface area contributed by atoms with Crippen molar-refractivity contribution in [2.45, 2.75) is 38.1 Å². The Morgan fingerprint density at radius 3 is 2.83 bits per heavy atom. The number of nitrogens with zero attached hydrogens (tertiary/aromatic N) is 1. The highest BCUT2D eigenvalue weighted by Gasteiger charge is 2.46. The van der Waals surface area contributed by atoms with Gasteiger partial charge < -0.3 is 14.6 Å². The molecule has 4 nitrogen and oxygen atoms in total. The van der Waals surface area contributed by atoms with Crippen molar-refractivity contribution in [2.75, 3.05) is 18.0 Å². The molecule has 3 atom stereocenters. The van der Waals surface area contributed by atoms with Gasteiger partial charge in [0, 0.05) is 30.6 Å². The average molecular weight is 324 g/mol. The second-order valence-electron chi connectivity index (χ2n) is 6.98. The number of rotatable bonds is 5. The molecule has 2 aromatic rings. The highest BCUT2D eigenvalue weighted by Crippen LogP contribution is 2.47. The second-order valence-corrected chi connectivity index (χ2v) is 6.98. The fraction of sp³-hybridized carbons (Fsp3) is 0.450. The molecular weight excluding hydrogens is 300 g/mol. The molecule has 4 heteroatoms. The number of carbonyl (C=O) groups is 1. The van der Waals surface area contributed by atoms with Crippen LogP contribution in [0.25, 0.3) is 0 Å². The molecule has 1 aromatic heterocycles. The van der Waals surface area contributed by atoms with Gasteiger partial charge in [0.2, 0.25) is 5.91 Å². The molecule has 0 radical (unpaired) electrons. The molecule has 24 heavy (non-hydrogen) atoms. The van der Waals surface area contributed by atoms with E-state index in [-0.39, 0.29) is 23.8 Å². The van der Waals surface area contributed by atoms with E-state index in [1.807, 2.05) is 12.1 Å². The Bertz CT molecular complexity index is 704. The summed E-state index contributed by atoms with van der Waals surface area (Å²) in [5, 5.41) is 3.17. The standard InChI is InChI=1S/C20H24N2O2/c1-14(15-6-4-7-16(12-15)22-9-2-3-10-22)21-20(23)18-13-17(18)19-8-5-11-24-19/h4-8,11-12,14,17-18H,2-3,9-10,13H2,1H3,(H,21,23)/t14-,17-,18-/m0/s1. The van der Waals surface area contributed by atoms with Gasteiger partial charge >= 0.3 is 0 Å². The predicted octanol–water partition coefficient (Wildman–Crippen LogP) is 3.86. The summed E-state index contributed by atoms with van der Waals surface area (Å²) < 4.78 is 5.41. The van der Waals surface area contributed by atoms with Gasteiger partial charge in [0.05, 0.1) is 12.3 Å². The number of amides is 1. The molecule has 1 amide bonds. The van der Waals surface area contributed by atoms with Gasteiger partial charge in [-0.1, -0.05) is 12.1 Å². The van der Waals surface area contributed by atoms with E-state index in [0.717, 1.165) is 25.3 Å². The lowest BCUT2D eigenvalue weighted by Gasteiger charge is -2.20. The minimum Gasteiger partial charge on any atom is -0.469 e. The van der Waals surface area contributed by atoms with Crippen LogP contribution in [-0.2, 0) is 4.79 Å². The monoisotopic (exact) mass is 324 g/mol. The first-order chi connectivity index (χ1) is 11.7.